The van der Waals surface area contributed by atoms with Crippen molar-refractivity contribution in [2.24, 2.45) is 5.73 Å². The Bertz CT molecular complexity index is 431. The molecule has 1 fully saturated rings. The Hall–Kier alpha value is -1.17. The monoisotopic (exact) mass is 281 g/mol. The Balaban J connectivity index is 1.79. The number of ether oxygens (including phenoxy) is 1. The summed E-state index contributed by atoms with van der Waals surface area (Å²) in [6, 6.07) is 4.77. The second-order valence-electron chi connectivity index (χ2n) is 5.47. The summed E-state index contributed by atoms with van der Waals surface area (Å²) >= 11 is 0. The number of hydrogen-bond acceptors (Lipinski definition) is 4. The summed E-state index contributed by atoms with van der Waals surface area (Å²) in [5.74, 6) is -0.0262. The summed E-state index contributed by atoms with van der Waals surface area (Å²) in [5.41, 5.74) is 6.51. The second-order valence-corrected chi connectivity index (χ2v) is 5.47. The van der Waals surface area contributed by atoms with Crippen LogP contribution in [0.5, 0.6) is 5.75 Å². The van der Waals surface area contributed by atoms with Crippen LogP contribution in [0.25, 0.3) is 0 Å². The van der Waals surface area contributed by atoms with Crippen molar-refractivity contribution in [3.8, 4) is 5.75 Å². The van der Waals surface area contributed by atoms with Gasteiger partial charge in [-0.3, -0.25) is 4.90 Å². The zero-order chi connectivity index (χ0) is 14.5. The van der Waals surface area contributed by atoms with E-state index in [0.717, 1.165) is 38.3 Å². The highest BCUT2D eigenvalue weighted by Gasteiger charge is 2.14. The first kappa shape index (κ1) is 15.2. The van der Waals surface area contributed by atoms with Gasteiger partial charge in [0.15, 0.2) is 11.6 Å². The highest BCUT2D eigenvalue weighted by molar-refractivity contribution is 5.30. The van der Waals surface area contributed by atoms with Crippen LogP contribution in [0.2, 0.25) is 0 Å². The van der Waals surface area contributed by atoms with E-state index in [-0.39, 0.29) is 11.9 Å². The fourth-order valence-electron chi connectivity index (χ4n) is 2.27. The molecule has 2 N–H and O–H groups in total. The average Bonchev–Trinajstić information content (AvgIpc) is 2.42. The molecule has 2 rings (SSSR count). The number of halogens is 1. The van der Waals surface area contributed by atoms with Crippen molar-refractivity contribution in [2.75, 3.05) is 46.4 Å². The van der Waals surface area contributed by atoms with Gasteiger partial charge in [-0.05, 0) is 31.7 Å². The molecule has 0 amide bonds. The molecule has 112 valence electrons. The molecule has 0 aromatic heterocycles. The van der Waals surface area contributed by atoms with E-state index in [2.05, 4.69) is 16.8 Å². The van der Waals surface area contributed by atoms with Gasteiger partial charge in [-0.15, -0.1) is 0 Å². The van der Waals surface area contributed by atoms with Crippen molar-refractivity contribution in [1.29, 1.82) is 0 Å². The lowest BCUT2D eigenvalue weighted by Gasteiger charge is -2.32. The van der Waals surface area contributed by atoms with Crippen molar-refractivity contribution in [1.82, 2.24) is 9.80 Å². The molecule has 0 saturated carbocycles. The molecule has 0 radical (unpaired) electrons. The quantitative estimate of drug-likeness (QED) is 0.887. The summed E-state index contributed by atoms with van der Waals surface area (Å²) < 4.78 is 19.4. The minimum Gasteiger partial charge on any atom is -0.489 e. The van der Waals surface area contributed by atoms with Gasteiger partial charge in [0, 0.05) is 38.8 Å². The maximum atomic E-state index is 13.8. The Morgan fingerprint density at radius 2 is 2.00 bits per heavy atom. The van der Waals surface area contributed by atoms with Gasteiger partial charge < -0.3 is 15.4 Å². The molecule has 0 spiro atoms. The molecule has 1 atom stereocenters. The number of likely N-dealkylation sites (N-methyl/N-ethyl adjacent to an activating group) is 1. The minimum absolute atomic E-state index is 0.163. The summed E-state index contributed by atoms with van der Waals surface area (Å²) in [6.45, 7) is 7.44. The Kier molecular flexibility index (Phi) is 5.34. The topological polar surface area (TPSA) is 41.7 Å². The predicted octanol–water partition coefficient (Wildman–Crippen LogP) is 1.47. The summed E-state index contributed by atoms with van der Waals surface area (Å²) in [4.78, 5) is 4.65. The SMILES string of the molecule is CC(N)c1ccc(OCCN2CCN(C)CC2)c(F)c1. The summed E-state index contributed by atoms with van der Waals surface area (Å²) in [6.07, 6.45) is 0. The molecule has 1 aromatic carbocycles. The number of nitrogens with two attached hydrogens (primary N) is 1. The third-order valence-electron chi connectivity index (χ3n) is 3.74. The van der Waals surface area contributed by atoms with Crippen molar-refractivity contribution < 1.29 is 9.13 Å². The molecule has 1 aliphatic rings. The molecule has 1 unspecified atom stereocenters. The maximum Gasteiger partial charge on any atom is 0.165 e. The molecule has 1 aliphatic heterocycles. The van der Waals surface area contributed by atoms with E-state index in [1.807, 2.05) is 13.0 Å². The molecule has 1 heterocycles. The lowest BCUT2D eigenvalue weighted by molar-refractivity contribution is 0.132. The van der Waals surface area contributed by atoms with E-state index < -0.39 is 0 Å². The van der Waals surface area contributed by atoms with Gasteiger partial charge in [0.2, 0.25) is 0 Å². The van der Waals surface area contributed by atoms with Crippen LogP contribution >= 0.6 is 0 Å². The molecule has 0 aliphatic carbocycles. The van der Waals surface area contributed by atoms with Crippen LogP contribution in [-0.2, 0) is 0 Å². The van der Waals surface area contributed by atoms with Crippen molar-refractivity contribution in [3.05, 3.63) is 29.6 Å². The van der Waals surface area contributed by atoms with Crippen LogP contribution in [0, 0.1) is 5.82 Å². The van der Waals surface area contributed by atoms with E-state index >= 15 is 0 Å². The fraction of sp³-hybridized carbons (Fsp3) is 0.600. The van der Waals surface area contributed by atoms with Crippen LogP contribution in [0.3, 0.4) is 0 Å². The first-order chi connectivity index (χ1) is 9.56. The minimum atomic E-state index is -0.335. The number of nitrogens with zero attached hydrogens (tertiary/aromatic N) is 2. The van der Waals surface area contributed by atoms with E-state index in [1.54, 1.807) is 6.07 Å². The van der Waals surface area contributed by atoms with Crippen LogP contribution in [0.1, 0.15) is 18.5 Å². The highest BCUT2D eigenvalue weighted by Crippen LogP contribution is 2.21. The number of hydrogen-bond donors (Lipinski definition) is 1. The first-order valence-corrected chi connectivity index (χ1v) is 7.15. The zero-order valence-electron chi connectivity index (χ0n) is 12.3. The predicted molar refractivity (Wildman–Crippen MR) is 78.4 cm³/mol. The van der Waals surface area contributed by atoms with Crippen LogP contribution < -0.4 is 10.5 Å². The van der Waals surface area contributed by atoms with Crippen molar-refractivity contribution in [2.45, 2.75) is 13.0 Å². The van der Waals surface area contributed by atoms with Crippen LogP contribution in [0.15, 0.2) is 18.2 Å². The largest absolute Gasteiger partial charge is 0.489 e. The van der Waals surface area contributed by atoms with Crippen molar-refractivity contribution >= 4 is 0 Å². The number of rotatable bonds is 5. The van der Waals surface area contributed by atoms with Crippen LogP contribution in [0.4, 0.5) is 4.39 Å². The lowest BCUT2D eigenvalue weighted by Crippen LogP contribution is -2.45. The van der Waals surface area contributed by atoms with E-state index in [0.29, 0.717) is 12.4 Å². The van der Waals surface area contributed by atoms with Crippen molar-refractivity contribution in [3.63, 3.8) is 0 Å². The smallest absolute Gasteiger partial charge is 0.165 e. The zero-order valence-corrected chi connectivity index (χ0v) is 12.3. The van der Waals surface area contributed by atoms with Gasteiger partial charge in [-0.25, -0.2) is 4.39 Å². The third-order valence-corrected chi connectivity index (χ3v) is 3.74. The molecular formula is C15H24FN3O. The first-order valence-electron chi connectivity index (χ1n) is 7.15. The van der Waals surface area contributed by atoms with Gasteiger partial charge in [0.25, 0.3) is 0 Å². The van der Waals surface area contributed by atoms with Gasteiger partial charge in [-0.1, -0.05) is 6.07 Å². The average molecular weight is 281 g/mol. The molecule has 1 saturated heterocycles. The number of piperazine rings is 1. The Morgan fingerprint density at radius 1 is 1.30 bits per heavy atom. The molecule has 5 heteroatoms. The number of benzene rings is 1. The highest BCUT2D eigenvalue weighted by atomic mass is 19.1. The van der Waals surface area contributed by atoms with Gasteiger partial charge >= 0.3 is 0 Å². The normalized spacial score (nSPS) is 19.0. The molecule has 4 nitrogen and oxygen atoms in total. The fourth-order valence-corrected chi connectivity index (χ4v) is 2.27. The van der Waals surface area contributed by atoms with Gasteiger partial charge in [0.1, 0.15) is 6.61 Å². The van der Waals surface area contributed by atoms with E-state index in [4.69, 9.17) is 10.5 Å². The maximum absolute atomic E-state index is 13.8. The summed E-state index contributed by atoms with van der Waals surface area (Å²) in [5, 5.41) is 0. The lowest BCUT2D eigenvalue weighted by atomic mass is 10.1. The van der Waals surface area contributed by atoms with E-state index in [1.165, 1.54) is 6.07 Å². The van der Waals surface area contributed by atoms with Gasteiger partial charge in [-0.2, -0.15) is 0 Å². The van der Waals surface area contributed by atoms with Crippen LogP contribution in [-0.4, -0.2) is 56.2 Å². The second kappa shape index (κ2) is 7.02. The molecule has 0 bridgehead atoms. The summed E-state index contributed by atoms with van der Waals surface area (Å²) in [7, 11) is 2.13. The molecule has 20 heavy (non-hydrogen) atoms. The molecule has 1 aromatic rings. The molecular weight excluding hydrogens is 257 g/mol. The Labute approximate surface area is 120 Å². The Morgan fingerprint density at radius 3 is 2.60 bits per heavy atom. The van der Waals surface area contributed by atoms with Gasteiger partial charge in [0.05, 0.1) is 0 Å². The van der Waals surface area contributed by atoms with E-state index in [9.17, 15) is 4.39 Å². The standard InChI is InChI=1S/C15H24FN3O/c1-12(17)13-3-4-15(14(16)11-13)20-10-9-19-7-5-18(2)6-8-19/h3-4,11-12H,5-10,17H2,1-2H3. The third kappa shape index (κ3) is 4.16.